The van der Waals surface area contributed by atoms with Crippen molar-refractivity contribution >= 4 is 17.5 Å². The zero-order chi connectivity index (χ0) is 15.1. The molecule has 0 unspecified atom stereocenters. The van der Waals surface area contributed by atoms with E-state index in [1.807, 2.05) is 0 Å². The summed E-state index contributed by atoms with van der Waals surface area (Å²) in [4.78, 5) is 10.7. The number of amides is 1. The number of benzene rings is 1. The second-order valence-electron chi connectivity index (χ2n) is 4.34. The summed E-state index contributed by atoms with van der Waals surface area (Å²) in [7, 11) is 1.48. The van der Waals surface area contributed by atoms with Gasteiger partial charge in [-0.2, -0.15) is 0 Å². The molecule has 0 saturated carbocycles. The smallest absolute Gasteiger partial charge is 0.255 e. The first-order valence-corrected chi connectivity index (χ1v) is 6.48. The number of aliphatic hydroxyl groups excluding tert-OH is 1. The largest absolute Gasteiger partial charge is 0.493 e. The van der Waals surface area contributed by atoms with E-state index in [1.165, 1.54) is 7.11 Å². The van der Waals surface area contributed by atoms with Gasteiger partial charge < -0.3 is 25.6 Å². The highest BCUT2D eigenvalue weighted by Gasteiger charge is 2.13. The molecule has 6 nitrogen and oxygen atoms in total. The van der Waals surface area contributed by atoms with E-state index in [1.54, 1.807) is 19.1 Å². The molecule has 0 bridgehead atoms. The molecule has 0 aromatic heterocycles. The van der Waals surface area contributed by atoms with Gasteiger partial charge in [-0.3, -0.25) is 4.79 Å². The molecule has 0 heterocycles. The maximum absolute atomic E-state index is 10.7. The number of carbonyl (C=O) groups is 1. The van der Waals surface area contributed by atoms with Gasteiger partial charge in [0, 0.05) is 13.1 Å². The predicted octanol–water partition coefficient (Wildman–Crippen LogP) is 0.683. The van der Waals surface area contributed by atoms with Gasteiger partial charge in [0.2, 0.25) is 0 Å². The number of hydrogen-bond donors (Lipinski definition) is 3. The summed E-state index contributed by atoms with van der Waals surface area (Å²) in [5.41, 5.74) is 5.90. The molecule has 0 aliphatic heterocycles. The average molecular weight is 303 g/mol. The first-order chi connectivity index (χ1) is 9.43. The highest BCUT2D eigenvalue weighted by Crippen LogP contribution is 2.36. The molecule has 1 rings (SSSR count). The Morgan fingerprint density at radius 3 is 2.80 bits per heavy atom. The van der Waals surface area contributed by atoms with Crippen molar-refractivity contribution in [1.82, 2.24) is 5.32 Å². The molecular formula is C13H19ClN2O4. The fourth-order valence-electron chi connectivity index (χ4n) is 1.58. The van der Waals surface area contributed by atoms with Gasteiger partial charge in [0.05, 0.1) is 18.2 Å². The van der Waals surface area contributed by atoms with E-state index >= 15 is 0 Å². The molecule has 0 spiro atoms. The predicted molar refractivity (Wildman–Crippen MR) is 76.1 cm³/mol. The van der Waals surface area contributed by atoms with E-state index in [9.17, 15) is 9.90 Å². The lowest BCUT2D eigenvalue weighted by Crippen LogP contribution is -2.24. The highest BCUT2D eigenvalue weighted by molar-refractivity contribution is 6.32. The third kappa shape index (κ3) is 5.24. The number of ether oxygens (including phenoxy) is 2. The molecule has 0 aliphatic carbocycles. The Kier molecular flexibility index (Phi) is 6.57. The van der Waals surface area contributed by atoms with E-state index in [2.05, 4.69) is 5.32 Å². The van der Waals surface area contributed by atoms with Gasteiger partial charge in [-0.1, -0.05) is 11.6 Å². The van der Waals surface area contributed by atoms with Crippen molar-refractivity contribution < 1.29 is 19.4 Å². The molecule has 1 aromatic rings. The number of hydrogen-bond acceptors (Lipinski definition) is 5. The minimum Gasteiger partial charge on any atom is -0.493 e. The summed E-state index contributed by atoms with van der Waals surface area (Å²) in [6.45, 7) is 2.42. The number of nitrogens with one attached hydrogen (secondary N) is 1. The molecule has 112 valence electrons. The maximum Gasteiger partial charge on any atom is 0.255 e. The van der Waals surface area contributed by atoms with Crippen LogP contribution in [0.3, 0.4) is 0 Å². The topological polar surface area (TPSA) is 93.8 Å². The van der Waals surface area contributed by atoms with Gasteiger partial charge in [0.25, 0.3) is 5.91 Å². The molecule has 0 radical (unpaired) electrons. The van der Waals surface area contributed by atoms with Crippen molar-refractivity contribution in [2.45, 2.75) is 19.6 Å². The van der Waals surface area contributed by atoms with E-state index < -0.39 is 12.0 Å². The van der Waals surface area contributed by atoms with Gasteiger partial charge in [-0.25, -0.2) is 0 Å². The zero-order valence-electron chi connectivity index (χ0n) is 11.5. The summed E-state index contributed by atoms with van der Waals surface area (Å²) >= 11 is 6.10. The first kappa shape index (κ1) is 16.6. The van der Waals surface area contributed by atoms with Crippen LogP contribution in [-0.2, 0) is 11.3 Å². The number of aliphatic hydroxyl groups is 1. The number of carbonyl (C=O) groups excluding carboxylic acids is 1. The number of halogens is 1. The zero-order valence-corrected chi connectivity index (χ0v) is 12.2. The fourth-order valence-corrected chi connectivity index (χ4v) is 1.87. The fraction of sp³-hybridized carbons (Fsp3) is 0.462. The molecule has 4 N–H and O–H groups in total. The molecule has 7 heteroatoms. The standard InChI is InChI=1S/C13H19ClN2O4/c1-8(17)5-16-6-9-3-10(14)13(11(4-9)19-2)20-7-12(15)18/h3-4,8,16-17H,5-7H2,1-2H3,(H2,15,18)/t8-/m1/s1. The number of primary amides is 1. The molecule has 0 saturated heterocycles. The second-order valence-corrected chi connectivity index (χ2v) is 4.75. The van der Waals surface area contributed by atoms with Crippen molar-refractivity contribution in [2.24, 2.45) is 5.73 Å². The minimum absolute atomic E-state index is 0.268. The van der Waals surface area contributed by atoms with Crippen LogP contribution >= 0.6 is 11.6 Å². The van der Waals surface area contributed by atoms with E-state index in [0.29, 0.717) is 23.9 Å². The van der Waals surface area contributed by atoms with E-state index in [-0.39, 0.29) is 12.4 Å². The Balaban J connectivity index is 2.81. The quantitative estimate of drug-likeness (QED) is 0.656. The molecule has 0 fully saturated rings. The van der Waals surface area contributed by atoms with Crippen LogP contribution in [0.4, 0.5) is 0 Å². The van der Waals surface area contributed by atoms with Crippen LogP contribution in [0.25, 0.3) is 0 Å². The van der Waals surface area contributed by atoms with Gasteiger partial charge in [0.15, 0.2) is 18.1 Å². The molecular weight excluding hydrogens is 284 g/mol. The van der Waals surface area contributed by atoms with Gasteiger partial charge >= 0.3 is 0 Å². The number of methoxy groups -OCH3 is 1. The second kappa shape index (κ2) is 7.94. The van der Waals surface area contributed by atoms with E-state index in [4.69, 9.17) is 26.8 Å². The Bertz CT molecular complexity index is 466. The Morgan fingerprint density at radius 1 is 1.55 bits per heavy atom. The van der Waals surface area contributed by atoms with Gasteiger partial charge in [-0.05, 0) is 24.6 Å². The Morgan fingerprint density at radius 2 is 2.25 bits per heavy atom. The molecule has 0 aliphatic rings. The van der Waals surface area contributed by atoms with Gasteiger partial charge in [-0.15, -0.1) is 0 Å². The maximum atomic E-state index is 10.7. The Hall–Kier alpha value is -1.50. The molecule has 1 amide bonds. The highest BCUT2D eigenvalue weighted by atomic mass is 35.5. The first-order valence-electron chi connectivity index (χ1n) is 6.10. The van der Waals surface area contributed by atoms with Crippen molar-refractivity contribution in [3.05, 3.63) is 22.7 Å². The lowest BCUT2D eigenvalue weighted by Gasteiger charge is -2.14. The van der Waals surface area contributed by atoms with Crippen molar-refractivity contribution in [3.8, 4) is 11.5 Å². The normalized spacial score (nSPS) is 12.0. The monoisotopic (exact) mass is 302 g/mol. The van der Waals surface area contributed by atoms with Crippen molar-refractivity contribution in [1.29, 1.82) is 0 Å². The van der Waals surface area contributed by atoms with Crippen LogP contribution in [0, 0.1) is 0 Å². The average Bonchev–Trinajstić information content (AvgIpc) is 2.36. The lowest BCUT2D eigenvalue weighted by atomic mass is 10.2. The molecule has 1 aromatic carbocycles. The van der Waals surface area contributed by atoms with Gasteiger partial charge in [0.1, 0.15) is 0 Å². The lowest BCUT2D eigenvalue weighted by molar-refractivity contribution is -0.119. The SMILES string of the molecule is COc1cc(CNC[C@@H](C)O)cc(Cl)c1OCC(N)=O. The van der Waals surface area contributed by atoms with Crippen LogP contribution in [0.2, 0.25) is 5.02 Å². The van der Waals surface area contributed by atoms with Crippen LogP contribution < -0.4 is 20.5 Å². The summed E-state index contributed by atoms with van der Waals surface area (Å²) in [6.07, 6.45) is -0.425. The van der Waals surface area contributed by atoms with Crippen LogP contribution in [0.15, 0.2) is 12.1 Å². The number of rotatable bonds is 8. The summed E-state index contributed by atoms with van der Waals surface area (Å²) in [6, 6.07) is 3.45. The van der Waals surface area contributed by atoms with Crippen molar-refractivity contribution in [3.63, 3.8) is 0 Å². The van der Waals surface area contributed by atoms with Crippen LogP contribution in [0.5, 0.6) is 11.5 Å². The van der Waals surface area contributed by atoms with Crippen LogP contribution in [-0.4, -0.2) is 37.4 Å². The minimum atomic E-state index is -0.592. The summed E-state index contributed by atoms with van der Waals surface area (Å²) in [5.74, 6) is 0.116. The number of nitrogens with two attached hydrogens (primary N) is 1. The van der Waals surface area contributed by atoms with Crippen molar-refractivity contribution in [2.75, 3.05) is 20.3 Å². The third-order valence-corrected chi connectivity index (χ3v) is 2.70. The Labute approximate surface area is 122 Å². The van der Waals surface area contributed by atoms with Crippen LogP contribution in [0.1, 0.15) is 12.5 Å². The molecule has 1 atom stereocenters. The van der Waals surface area contributed by atoms with E-state index in [0.717, 1.165) is 5.56 Å². The third-order valence-electron chi connectivity index (χ3n) is 2.42. The molecule has 20 heavy (non-hydrogen) atoms. The summed E-state index contributed by atoms with van der Waals surface area (Å²) in [5, 5.41) is 12.6. The summed E-state index contributed by atoms with van der Waals surface area (Å²) < 4.78 is 10.4.